The van der Waals surface area contributed by atoms with E-state index in [1.807, 2.05) is 48.5 Å². The number of hydrogen-bond donors (Lipinski definition) is 0. The standard InChI is InChI=1S/C18H17BrO2/c19-13-4-14-21-17-10-8-16(9-11-17)18(20)12-7-15-5-2-1-3-6-15/h1-3,5-12H,4,13-14H2/b12-7+. The van der Waals surface area contributed by atoms with Crippen LogP contribution in [0.3, 0.4) is 0 Å². The molecule has 0 atom stereocenters. The van der Waals surface area contributed by atoms with Crippen LogP contribution in [-0.4, -0.2) is 17.7 Å². The highest BCUT2D eigenvalue weighted by molar-refractivity contribution is 9.09. The minimum atomic E-state index is -0.00846. The number of carbonyl (C=O) groups excluding carboxylic acids is 1. The van der Waals surface area contributed by atoms with E-state index in [1.165, 1.54) is 0 Å². The topological polar surface area (TPSA) is 26.3 Å². The third-order valence-corrected chi connectivity index (χ3v) is 3.47. The molecule has 0 aliphatic rings. The van der Waals surface area contributed by atoms with Crippen LogP contribution in [0.15, 0.2) is 60.7 Å². The van der Waals surface area contributed by atoms with Crippen molar-refractivity contribution in [2.75, 3.05) is 11.9 Å². The van der Waals surface area contributed by atoms with Gasteiger partial charge in [-0.05, 0) is 42.3 Å². The van der Waals surface area contributed by atoms with Crippen molar-refractivity contribution in [3.8, 4) is 5.75 Å². The lowest BCUT2D eigenvalue weighted by Crippen LogP contribution is -1.99. The molecule has 2 aromatic rings. The zero-order valence-corrected chi connectivity index (χ0v) is 13.3. The van der Waals surface area contributed by atoms with Gasteiger partial charge in [0.15, 0.2) is 5.78 Å². The smallest absolute Gasteiger partial charge is 0.185 e. The van der Waals surface area contributed by atoms with Crippen LogP contribution in [0.5, 0.6) is 5.75 Å². The SMILES string of the molecule is O=C(/C=C/c1ccccc1)c1ccc(OCCCBr)cc1. The van der Waals surface area contributed by atoms with Crippen LogP contribution in [0.2, 0.25) is 0 Å². The molecule has 0 fully saturated rings. The van der Waals surface area contributed by atoms with Gasteiger partial charge >= 0.3 is 0 Å². The molecule has 108 valence electrons. The maximum absolute atomic E-state index is 12.1. The van der Waals surface area contributed by atoms with Crippen LogP contribution in [0.4, 0.5) is 0 Å². The van der Waals surface area contributed by atoms with Crippen LogP contribution < -0.4 is 4.74 Å². The fourth-order valence-electron chi connectivity index (χ4n) is 1.79. The quantitative estimate of drug-likeness (QED) is 0.313. The minimum Gasteiger partial charge on any atom is -0.494 e. The van der Waals surface area contributed by atoms with Crippen molar-refractivity contribution in [1.29, 1.82) is 0 Å². The van der Waals surface area contributed by atoms with Crippen molar-refractivity contribution < 1.29 is 9.53 Å². The summed E-state index contributed by atoms with van der Waals surface area (Å²) >= 11 is 3.36. The average Bonchev–Trinajstić information content (AvgIpc) is 2.54. The summed E-state index contributed by atoms with van der Waals surface area (Å²) in [7, 11) is 0. The number of rotatable bonds is 7. The van der Waals surface area contributed by atoms with E-state index in [9.17, 15) is 4.79 Å². The molecule has 0 N–H and O–H groups in total. The monoisotopic (exact) mass is 344 g/mol. The minimum absolute atomic E-state index is 0.00846. The molecule has 0 aromatic heterocycles. The van der Waals surface area contributed by atoms with Gasteiger partial charge in [-0.15, -0.1) is 0 Å². The summed E-state index contributed by atoms with van der Waals surface area (Å²) < 4.78 is 5.55. The zero-order chi connectivity index (χ0) is 14.9. The van der Waals surface area contributed by atoms with Gasteiger partial charge < -0.3 is 4.74 Å². The van der Waals surface area contributed by atoms with Crippen molar-refractivity contribution in [3.05, 3.63) is 71.8 Å². The molecular formula is C18H17BrO2. The summed E-state index contributed by atoms with van der Waals surface area (Å²) in [6, 6.07) is 17.0. The number of ketones is 1. The Morgan fingerprint density at radius 3 is 2.43 bits per heavy atom. The first-order valence-corrected chi connectivity index (χ1v) is 7.98. The van der Waals surface area contributed by atoms with E-state index in [2.05, 4.69) is 15.9 Å². The highest BCUT2D eigenvalue weighted by Crippen LogP contribution is 2.14. The second-order valence-corrected chi connectivity index (χ2v) is 5.32. The molecule has 2 nitrogen and oxygen atoms in total. The Balaban J connectivity index is 1.95. The Morgan fingerprint density at radius 1 is 1.05 bits per heavy atom. The molecule has 0 aliphatic heterocycles. The maximum atomic E-state index is 12.1. The summed E-state index contributed by atoms with van der Waals surface area (Å²) in [5.41, 5.74) is 1.68. The number of alkyl halides is 1. The predicted molar refractivity (Wildman–Crippen MR) is 90.2 cm³/mol. The van der Waals surface area contributed by atoms with Crippen LogP contribution in [0.1, 0.15) is 22.3 Å². The second-order valence-electron chi connectivity index (χ2n) is 4.52. The van der Waals surface area contributed by atoms with Gasteiger partial charge in [-0.25, -0.2) is 0 Å². The number of halogens is 1. The number of carbonyl (C=O) groups is 1. The lowest BCUT2D eigenvalue weighted by molar-refractivity contribution is 0.104. The Kier molecular flexibility index (Phi) is 6.22. The highest BCUT2D eigenvalue weighted by atomic mass is 79.9. The first kappa shape index (κ1) is 15.5. The predicted octanol–water partition coefficient (Wildman–Crippen LogP) is 4.75. The fourth-order valence-corrected chi connectivity index (χ4v) is 2.02. The average molecular weight is 345 g/mol. The van der Waals surface area contributed by atoms with Crippen LogP contribution in [-0.2, 0) is 0 Å². The van der Waals surface area contributed by atoms with Crippen molar-refractivity contribution in [3.63, 3.8) is 0 Å². The van der Waals surface area contributed by atoms with Gasteiger partial charge in [-0.2, -0.15) is 0 Å². The summed E-state index contributed by atoms with van der Waals surface area (Å²) in [6.45, 7) is 0.673. The number of ether oxygens (including phenoxy) is 1. The normalized spacial score (nSPS) is 10.7. The molecule has 0 unspecified atom stereocenters. The van der Waals surface area contributed by atoms with Crippen LogP contribution in [0.25, 0.3) is 6.08 Å². The van der Waals surface area contributed by atoms with Gasteiger partial charge in [0, 0.05) is 10.9 Å². The van der Waals surface area contributed by atoms with Gasteiger partial charge in [0.2, 0.25) is 0 Å². The molecule has 2 aromatic carbocycles. The van der Waals surface area contributed by atoms with Crippen molar-refractivity contribution >= 4 is 27.8 Å². The van der Waals surface area contributed by atoms with Gasteiger partial charge in [0.1, 0.15) is 5.75 Å². The highest BCUT2D eigenvalue weighted by Gasteiger charge is 2.02. The second kappa shape index (κ2) is 8.42. The molecule has 2 rings (SSSR count). The largest absolute Gasteiger partial charge is 0.494 e. The maximum Gasteiger partial charge on any atom is 0.185 e. The molecule has 0 saturated carbocycles. The molecule has 0 saturated heterocycles. The van der Waals surface area contributed by atoms with Gasteiger partial charge in [-0.1, -0.05) is 52.3 Å². The Morgan fingerprint density at radius 2 is 1.76 bits per heavy atom. The summed E-state index contributed by atoms with van der Waals surface area (Å²) in [5, 5.41) is 0.924. The lowest BCUT2D eigenvalue weighted by atomic mass is 10.1. The Labute approximate surface area is 133 Å². The summed E-state index contributed by atoms with van der Waals surface area (Å²) in [6.07, 6.45) is 4.37. The molecule has 0 bridgehead atoms. The van der Waals surface area contributed by atoms with Crippen molar-refractivity contribution in [2.24, 2.45) is 0 Å². The fraction of sp³-hybridized carbons (Fsp3) is 0.167. The van der Waals surface area contributed by atoms with Crippen LogP contribution in [0, 0.1) is 0 Å². The molecule has 3 heteroatoms. The summed E-state index contributed by atoms with van der Waals surface area (Å²) in [4.78, 5) is 12.1. The molecule has 0 heterocycles. The van der Waals surface area contributed by atoms with Gasteiger partial charge in [0.25, 0.3) is 0 Å². The third kappa shape index (κ3) is 5.20. The molecule has 21 heavy (non-hydrogen) atoms. The van der Waals surface area contributed by atoms with Crippen molar-refractivity contribution in [2.45, 2.75) is 6.42 Å². The molecular weight excluding hydrogens is 328 g/mol. The number of benzene rings is 2. The van der Waals surface area contributed by atoms with E-state index < -0.39 is 0 Å². The number of allylic oxidation sites excluding steroid dienone is 1. The Bertz CT molecular complexity index is 588. The molecule has 0 amide bonds. The molecule has 0 radical (unpaired) electrons. The summed E-state index contributed by atoms with van der Waals surface area (Å²) in [5.74, 6) is 0.783. The van der Waals surface area contributed by atoms with E-state index in [0.717, 1.165) is 23.1 Å². The zero-order valence-electron chi connectivity index (χ0n) is 11.7. The van der Waals surface area contributed by atoms with E-state index in [0.29, 0.717) is 12.2 Å². The Hall–Kier alpha value is -1.87. The first-order valence-electron chi connectivity index (χ1n) is 6.86. The van der Waals surface area contributed by atoms with E-state index in [-0.39, 0.29) is 5.78 Å². The molecule has 0 spiro atoms. The van der Waals surface area contributed by atoms with Crippen molar-refractivity contribution in [1.82, 2.24) is 0 Å². The van der Waals surface area contributed by atoms with E-state index >= 15 is 0 Å². The van der Waals surface area contributed by atoms with E-state index in [1.54, 1.807) is 18.2 Å². The van der Waals surface area contributed by atoms with Gasteiger partial charge in [0.05, 0.1) is 6.61 Å². The van der Waals surface area contributed by atoms with E-state index in [4.69, 9.17) is 4.74 Å². The molecule has 0 aliphatic carbocycles. The first-order chi connectivity index (χ1) is 10.3. The number of hydrogen-bond acceptors (Lipinski definition) is 2. The lowest BCUT2D eigenvalue weighted by Gasteiger charge is -2.05. The third-order valence-electron chi connectivity index (χ3n) is 2.91. The van der Waals surface area contributed by atoms with Crippen LogP contribution >= 0.6 is 15.9 Å². The van der Waals surface area contributed by atoms with Gasteiger partial charge in [-0.3, -0.25) is 4.79 Å².